The number of esters is 2. The Labute approximate surface area is 230 Å². The van der Waals surface area contributed by atoms with E-state index in [0.29, 0.717) is 15.6 Å². The van der Waals surface area contributed by atoms with Gasteiger partial charge in [0, 0.05) is 22.5 Å². The summed E-state index contributed by atoms with van der Waals surface area (Å²) in [5.74, 6) is -3.08. The van der Waals surface area contributed by atoms with Crippen molar-refractivity contribution in [3.8, 4) is 11.5 Å². The zero-order valence-corrected chi connectivity index (χ0v) is 23.8. The van der Waals surface area contributed by atoms with Gasteiger partial charge in [0.2, 0.25) is 0 Å². The number of phenolic OH excluding ortho intramolecular Hbond substituents is 1. The van der Waals surface area contributed by atoms with Gasteiger partial charge in [-0.3, -0.25) is 8.98 Å². The molecule has 2 aromatic carbocycles. The fraction of sp³-hybridized carbons (Fsp3) is 0.333. The number of phenols is 1. The highest BCUT2D eigenvalue weighted by Gasteiger charge is 2.72. The number of rotatable bonds is 4. The highest BCUT2D eigenvalue weighted by Crippen LogP contribution is 2.58. The highest BCUT2D eigenvalue weighted by atomic mass is 127. The maximum absolute atomic E-state index is 13.1. The monoisotopic (exact) mass is 808 g/mol. The van der Waals surface area contributed by atoms with Crippen LogP contribution in [0.5, 0.6) is 11.5 Å². The number of hydrogen-bond acceptors (Lipinski definition) is 8. The molecule has 1 aliphatic heterocycles. The van der Waals surface area contributed by atoms with Gasteiger partial charge in [-0.25, -0.2) is 4.79 Å². The van der Waals surface area contributed by atoms with Crippen molar-refractivity contribution in [2.75, 3.05) is 0 Å². The van der Waals surface area contributed by atoms with Crippen molar-refractivity contribution in [1.82, 2.24) is 0 Å². The molecule has 2 bridgehead atoms. The standard InChI is InChI=1S/C21H15I3O8S/c22-12-5-6-13(23)16(24)15(12)21(27)31-17-10-7-11-18(17)32-33(28,29)19(11)14(10)20(26)30-9-3-1-8(25)2-4-9/h1-6,10-11,14,17-19,25H,7H2. The van der Waals surface area contributed by atoms with Crippen LogP contribution in [-0.4, -0.2) is 42.9 Å². The summed E-state index contributed by atoms with van der Waals surface area (Å²) in [7, 11) is -4.02. The van der Waals surface area contributed by atoms with Crippen LogP contribution in [0.4, 0.5) is 0 Å². The molecule has 174 valence electrons. The van der Waals surface area contributed by atoms with Crippen LogP contribution in [0.1, 0.15) is 16.8 Å². The van der Waals surface area contributed by atoms with Crippen LogP contribution in [-0.2, 0) is 23.8 Å². The molecule has 1 N–H and O–H groups in total. The highest BCUT2D eigenvalue weighted by molar-refractivity contribution is 14.1. The van der Waals surface area contributed by atoms with Crippen molar-refractivity contribution in [2.45, 2.75) is 23.9 Å². The smallest absolute Gasteiger partial charge is 0.340 e. The average Bonchev–Trinajstić information content (AvgIpc) is 3.35. The van der Waals surface area contributed by atoms with Crippen LogP contribution in [0.2, 0.25) is 0 Å². The lowest BCUT2D eigenvalue weighted by Gasteiger charge is -2.30. The molecular weight excluding hydrogens is 793 g/mol. The fourth-order valence-electron chi connectivity index (χ4n) is 5.05. The molecule has 5 rings (SSSR count). The number of halogens is 3. The van der Waals surface area contributed by atoms with E-state index in [9.17, 15) is 23.1 Å². The predicted octanol–water partition coefficient (Wildman–Crippen LogP) is 3.70. The number of ether oxygens (including phenoxy) is 2. The number of benzene rings is 2. The van der Waals surface area contributed by atoms with Crippen LogP contribution in [0, 0.1) is 28.5 Å². The minimum Gasteiger partial charge on any atom is -0.508 e. The number of carbonyl (C=O) groups is 2. The second-order valence-electron chi connectivity index (χ2n) is 8.11. The van der Waals surface area contributed by atoms with E-state index in [2.05, 4.69) is 67.8 Å². The van der Waals surface area contributed by atoms with Crippen LogP contribution < -0.4 is 4.74 Å². The number of aromatic hydroxyl groups is 1. The van der Waals surface area contributed by atoms with Crippen LogP contribution >= 0.6 is 67.8 Å². The molecule has 2 aromatic rings. The van der Waals surface area contributed by atoms with Crippen molar-refractivity contribution < 1.29 is 36.8 Å². The summed E-state index contributed by atoms with van der Waals surface area (Å²) in [6, 6.07) is 9.27. The Balaban J connectivity index is 1.44. The molecule has 12 heteroatoms. The second-order valence-corrected chi connectivity index (χ2v) is 13.2. The number of fused-ring (bicyclic) bond motifs is 1. The van der Waals surface area contributed by atoms with Crippen LogP contribution in [0.15, 0.2) is 36.4 Å². The van der Waals surface area contributed by atoms with Gasteiger partial charge in [-0.05, 0) is 111 Å². The van der Waals surface area contributed by atoms with E-state index in [1.807, 2.05) is 12.1 Å². The first-order chi connectivity index (χ1) is 15.6. The third kappa shape index (κ3) is 4.06. The molecule has 0 spiro atoms. The predicted molar refractivity (Wildman–Crippen MR) is 140 cm³/mol. The lowest BCUT2D eigenvalue weighted by Crippen LogP contribution is -2.46. The Bertz CT molecular complexity index is 1260. The maximum Gasteiger partial charge on any atom is 0.340 e. The largest absolute Gasteiger partial charge is 0.508 e. The number of hydrogen-bond donors (Lipinski definition) is 1. The van der Waals surface area contributed by atoms with Gasteiger partial charge in [-0.1, -0.05) is 0 Å². The first-order valence-electron chi connectivity index (χ1n) is 9.86. The van der Waals surface area contributed by atoms with Crippen molar-refractivity contribution in [2.24, 2.45) is 17.8 Å². The summed E-state index contributed by atoms with van der Waals surface area (Å²) in [6.07, 6.45) is -1.29. The first-order valence-corrected chi connectivity index (χ1v) is 14.6. The minimum atomic E-state index is -4.02. The SMILES string of the molecule is O=C(OC1C2CC3C1OS(=O)(=O)C3C2C(=O)Oc1ccc(O)cc1)c1c(I)ccc(I)c1I. The molecule has 3 fully saturated rings. The van der Waals surface area contributed by atoms with Gasteiger partial charge < -0.3 is 14.6 Å². The maximum atomic E-state index is 13.1. The summed E-state index contributed by atoms with van der Waals surface area (Å²) in [5, 5.41) is 8.40. The van der Waals surface area contributed by atoms with Crippen LogP contribution in [0.25, 0.3) is 0 Å². The molecule has 6 atom stereocenters. The van der Waals surface area contributed by atoms with Crippen molar-refractivity contribution in [3.63, 3.8) is 0 Å². The molecule has 0 radical (unpaired) electrons. The molecule has 2 aliphatic carbocycles. The van der Waals surface area contributed by atoms with E-state index in [0.717, 1.165) is 7.14 Å². The molecule has 33 heavy (non-hydrogen) atoms. The first kappa shape index (κ1) is 24.0. The summed E-state index contributed by atoms with van der Waals surface area (Å²) in [4.78, 5) is 26.2. The molecule has 1 saturated heterocycles. The molecule has 2 saturated carbocycles. The van der Waals surface area contributed by atoms with Gasteiger partial charge in [0.05, 0.1) is 11.5 Å². The summed E-state index contributed by atoms with van der Waals surface area (Å²) in [5.41, 5.74) is 0.409. The molecule has 0 amide bonds. The third-order valence-corrected chi connectivity index (χ3v) is 12.1. The summed E-state index contributed by atoms with van der Waals surface area (Å²) < 4.78 is 44.4. The molecule has 6 unspecified atom stereocenters. The van der Waals surface area contributed by atoms with Crippen molar-refractivity contribution in [3.05, 3.63) is 52.7 Å². The normalized spacial score (nSPS) is 30.9. The van der Waals surface area contributed by atoms with Gasteiger partial charge in [-0.15, -0.1) is 0 Å². The van der Waals surface area contributed by atoms with Gasteiger partial charge >= 0.3 is 11.9 Å². The quantitative estimate of drug-likeness (QED) is 0.164. The van der Waals surface area contributed by atoms with E-state index in [-0.39, 0.29) is 11.5 Å². The van der Waals surface area contributed by atoms with E-state index in [1.165, 1.54) is 24.3 Å². The molecule has 1 heterocycles. The zero-order chi connectivity index (χ0) is 23.7. The van der Waals surface area contributed by atoms with E-state index in [4.69, 9.17) is 13.7 Å². The van der Waals surface area contributed by atoms with E-state index in [1.54, 1.807) is 0 Å². The number of carbonyl (C=O) groups excluding carboxylic acids is 2. The topological polar surface area (TPSA) is 116 Å². The Morgan fingerprint density at radius 1 is 1.00 bits per heavy atom. The van der Waals surface area contributed by atoms with E-state index >= 15 is 0 Å². The Morgan fingerprint density at radius 2 is 1.67 bits per heavy atom. The lowest BCUT2D eigenvalue weighted by atomic mass is 9.84. The molecule has 0 aromatic heterocycles. The minimum absolute atomic E-state index is 0.0103. The van der Waals surface area contributed by atoms with Gasteiger partial charge in [0.15, 0.2) is 0 Å². The van der Waals surface area contributed by atoms with Crippen molar-refractivity contribution >= 4 is 89.8 Å². The van der Waals surface area contributed by atoms with Gasteiger partial charge in [0.1, 0.15) is 29.0 Å². The Kier molecular flexibility index (Phi) is 6.36. The molecule has 3 aliphatic rings. The third-order valence-electron chi connectivity index (χ3n) is 6.35. The molecule has 8 nitrogen and oxygen atoms in total. The summed E-state index contributed by atoms with van der Waals surface area (Å²) >= 11 is 6.27. The Hall–Kier alpha value is -0.720. The molecular formula is C21H15I3O8S. The lowest BCUT2D eigenvalue weighted by molar-refractivity contribution is -0.143. The van der Waals surface area contributed by atoms with Crippen molar-refractivity contribution in [1.29, 1.82) is 0 Å². The average molecular weight is 808 g/mol. The van der Waals surface area contributed by atoms with Crippen LogP contribution in [0.3, 0.4) is 0 Å². The van der Waals surface area contributed by atoms with Gasteiger partial charge in [0.25, 0.3) is 10.1 Å². The summed E-state index contributed by atoms with van der Waals surface area (Å²) in [6.45, 7) is 0. The van der Waals surface area contributed by atoms with E-state index < -0.39 is 57.3 Å². The zero-order valence-electron chi connectivity index (χ0n) is 16.5. The second kappa shape index (κ2) is 8.74. The fourth-order valence-corrected chi connectivity index (χ4v) is 9.43. The van der Waals surface area contributed by atoms with Gasteiger partial charge in [-0.2, -0.15) is 8.42 Å². The Morgan fingerprint density at radius 3 is 2.36 bits per heavy atom.